The summed E-state index contributed by atoms with van der Waals surface area (Å²) in [6, 6.07) is 8.03. The minimum atomic E-state index is -0.718. The molecule has 0 unspecified atom stereocenters. The number of aryl methyl sites for hydroxylation is 1. The van der Waals surface area contributed by atoms with Gasteiger partial charge in [0.2, 0.25) is 11.8 Å². The van der Waals surface area contributed by atoms with Crippen LogP contribution in [0, 0.1) is 18.3 Å². The number of benzene rings is 1. The van der Waals surface area contributed by atoms with Gasteiger partial charge in [-0.05, 0) is 25.0 Å². The second-order valence-electron chi connectivity index (χ2n) is 4.35. The van der Waals surface area contributed by atoms with Crippen LogP contribution in [0.3, 0.4) is 0 Å². The summed E-state index contributed by atoms with van der Waals surface area (Å²) in [7, 11) is 0. The second kappa shape index (κ2) is 6.55. The van der Waals surface area contributed by atoms with E-state index in [1.807, 2.05) is 25.1 Å². The van der Waals surface area contributed by atoms with Crippen LogP contribution in [0.15, 0.2) is 24.3 Å². The number of hydrogen-bond donors (Lipinski definition) is 2. The summed E-state index contributed by atoms with van der Waals surface area (Å²) in [6.07, 6.45) is 0. The van der Waals surface area contributed by atoms with Crippen molar-refractivity contribution in [3.8, 4) is 6.07 Å². The molecule has 2 amide bonds. The van der Waals surface area contributed by atoms with Gasteiger partial charge in [-0.15, -0.1) is 0 Å². The molecule has 5 nitrogen and oxygen atoms in total. The number of hydrogen-bond acceptors (Lipinski definition) is 3. The van der Waals surface area contributed by atoms with Crippen molar-refractivity contribution >= 4 is 11.8 Å². The van der Waals surface area contributed by atoms with E-state index in [1.165, 1.54) is 6.92 Å². The summed E-state index contributed by atoms with van der Waals surface area (Å²) >= 11 is 0. The molecule has 19 heavy (non-hydrogen) atoms. The molecular formula is C14H17N3O2. The summed E-state index contributed by atoms with van der Waals surface area (Å²) < 4.78 is 0. The SMILES string of the molecule is CC(=O)N[C@H](C)C(=O)N[C@H](C#N)c1ccccc1C. The second-order valence-corrected chi connectivity index (χ2v) is 4.35. The molecule has 0 bridgehead atoms. The molecule has 1 rings (SSSR count). The van der Waals surface area contributed by atoms with E-state index in [1.54, 1.807) is 13.0 Å². The van der Waals surface area contributed by atoms with Gasteiger partial charge in [-0.25, -0.2) is 0 Å². The first-order valence-corrected chi connectivity index (χ1v) is 5.98. The lowest BCUT2D eigenvalue weighted by molar-refractivity contribution is -0.127. The molecule has 1 aromatic rings. The molecule has 0 heterocycles. The average Bonchev–Trinajstić information content (AvgIpc) is 2.35. The van der Waals surface area contributed by atoms with Crippen molar-refractivity contribution in [2.45, 2.75) is 32.9 Å². The summed E-state index contributed by atoms with van der Waals surface area (Å²) in [5.41, 5.74) is 1.69. The Kier molecular flexibility index (Phi) is 5.07. The Bertz CT molecular complexity index is 520. The molecule has 0 aliphatic rings. The van der Waals surface area contributed by atoms with E-state index in [-0.39, 0.29) is 11.8 Å². The summed E-state index contributed by atoms with van der Waals surface area (Å²) in [6.45, 7) is 4.79. The quantitative estimate of drug-likeness (QED) is 0.852. The minimum absolute atomic E-state index is 0.285. The third-order valence-electron chi connectivity index (χ3n) is 2.73. The van der Waals surface area contributed by atoms with E-state index >= 15 is 0 Å². The zero-order valence-electron chi connectivity index (χ0n) is 11.2. The molecule has 0 fully saturated rings. The van der Waals surface area contributed by atoms with Crippen LogP contribution < -0.4 is 10.6 Å². The van der Waals surface area contributed by atoms with Crippen LogP contribution in [0.25, 0.3) is 0 Å². The summed E-state index contributed by atoms with van der Waals surface area (Å²) in [4.78, 5) is 22.7. The highest BCUT2D eigenvalue weighted by Crippen LogP contribution is 2.16. The summed E-state index contributed by atoms with van der Waals surface area (Å²) in [5, 5.41) is 14.3. The minimum Gasteiger partial charge on any atom is -0.345 e. The van der Waals surface area contributed by atoms with Gasteiger partial charge in [0.25, 0.3) is 0 Å². The van der Waals surface area contributed by atoms with E-state index < -0.39 is 12.1 Å². The van der Waals surface area contributed by atoms with Gasteiger partial charge in [0.05, 0.1) is 6.07 Å². The highest BCUT2D eigenvalue weighted by atomic mass is 16.2. The van der Waals surface area contributed by atoms with Crippen molar-refractivity contribution in [1.29, 1.82) is 5.26 Å². The molecule has 100 valence electrons. The molecule has 0 aliphatic heterocycles. The van der Waals surface area contributed by atoms with Gasteiger partial charge in [0.15, 0.2) is 0 Å². The maximum Gasteiger partial charge on any atom is 0.243 e. The van der Waals surface area contributed by atoms with Gasteiger partial charge >= 0.3 is 0 Å². The Morgan fingerprint density at radius 2 is 1.89 bits per heavy atom. The van der Waals surface area contributed by atoms with Crippen LogP contribution >= 0.6 is 0 Å². The average molecular weight is 259 g/mol. The lowest BCUT2D eigenvalue weighted by atomic mass is 10.0. The summed E-state index contributed by atoms with van der Waals surface area (Å²) in [5.74, 6) is -0.669. The van der Waals surface area contributed by atoms with Crippen molar-refractivity contribution in [2.75, 3.05) is 0 Å². The number of nitrogens with zero attached hydrogens (tertiary/aromatic N) is 1. The van der Waals surface area contributed by atoms with Gasteiger partial charge < -0.3 is 10.6 Å². The van der Waals surface area contributed by atoms with E-state index in [4.69, 9.17) is 5.26 Å². The highest BCUT2D eigenvalue weighted by molar-refractivity contribution is 5.86. The van der Waals surface area contributed by atoms with E-state index in [0.717, 1.165) is 11.1 Å². The van der Waals surface area contributed by atoms with Gasteiger partial charge in [0.1, 0.15) is 12.1 Å². The fourth-order valence-corrected chi connectivity index (χ4v) is 1.73. The molecule has 0 saturated heterocycles. The Morgan fingerprint density at radius 3 is 2.42 bits per heavy atom. The Hall–Kier alpha value is -2.35. The molecule has 2 N–H and O–H groups in total. The standard InChI is InChI=1S/C14H17N3O2/c1-9-6-4-5-7-12(9)13(8-15)17-14(19)10(2)16-11(3)18/h4-7,10,13H,1-3H3,(H,16,18)(H,17,19)/t10-,13-/m1/s1. The van der Waals surface area contributed by atoms with Crippen LogP contribution in [-0.4, -0.2) is 17.9 Å². The largest absolute Gasteiger partial charge is 0.345 e. The first-order chi connectivity index (χ1) is 8.95. The number of nitrogens with one attached hydrogen (secondary N) is 2. The fraction of sp³-hybridized carbons (Fsp3) is 0.357. The molecule has 5 heteroatoms. The maximum atomic E-state index is 11.9. The Morgan fingerprint density at radius 1 is 1.26 bits per heavy atom. The molecule has 0 aliphatic carbocycles. The third kappa shape index (κ3) is 4.11. The van der Waals surface area contributed by atoms with Crippen LogP contribution in [0.2, 0.25) is 0 Å². The van der Waals surface area contributed by atoms with Gasteiger partial charge in [-0.1, -0.05) is 24.3 Å². The van der Waals surface area contributed by atoms with Gasteiger partial charge in [0, 0.05) is 6.92 Å². The molecule has 0 saturated carbocycles. The zero-order valence-corrected chi connectivity index (χ0v) is 11.2. The topological polar surface area (TPSA) is 82.0 Å². The van der Waals surface area contributed by atoms with E-state index in [9.17, 15) is 9.59 Å². The molecule has 0 radical (unpaired) electrons. The van der Waals surface area contributed by atoms with Crippen molar-refractivity contribution in [3.05, 3.63) is 35.4 Å². The number of carbonyl (C=O) groups is 2. The van der Waals surface area contributed by atoms with Crippen molar-refractivity contribution in [1.82, 2.24) is 10.6 Å². The highest BCUT2D eigenvalue weighted by Gasteiger charge is 2.20. The van der Waals surface area contributed by atoms with Crippen molar-refractivity contribution in [2.24, 2.45) is 0 Å². The monoisotopic (exact) mass is 259 g/mol. The van der Waals surface area contributed by atoms with Crippen molar-refractivity contribution in [3.63, 3.8) is 0 Å². The van der Waals surface area contributed by atoms with Crippen LogP contribution in [0.4, 0.5) is 0 Å². The Balaban J connectivity index is 2.79. The zero-order chi connectivity index (χ0) is 14.4. The predicted octanol–water partition coefficient (Wildman–Crippen LogP) is 1.20. The number of carbonyl (C=O) groups excluding carboxylic acids is 2. The molecule has 1 aromatic carbocycles. The first-order valence-electron chi connectivity index (χ1n) is 5.98. The smallest absolute Gasteiger partial charge is 0.243 e. The van der Waals surface area contributed by atoms with Crippen LogP contribution in [-0.2, 0) is 9.59 Å². The predicted molar refractivity (Wildman–Crippen MR) is 71.0 cm³/mol. The number of rotatable bonds is 4. The maximum absolute atomic E-state index is 11.9. The molecule has 0 aromatic heterocycles. The first kappa shape index (κ1) is 14.7. The lowest BCUT2D eigenvalue weighted by Gasteiger charge is -2.17. The number of nitriles is 1. The van der Waals surface area contributed by atoms with Crippen LogP contribution in [0.5, 0.6) is 0 Å². The Labute approximate surface area is 112 Å². The van der Waals surface area contributed by atoms with E-state index in [2.05, 4.69) is 16.7 Å². The van der Waals surface area contributed by atoms with Crippen LogP contribution in [0.1, 0.15) is 31.0 Å². The van der Waals surface area contributed by atoms with E-state index in [0.29, 0.717) is 0 Å². The number of amides is 2. The lowest BCUT2D eigenvalue weighted by Crippen LogP contribution is -2.45. The molecule has 2 atom stereocenters. The van der Waals surface area contributed by atoms with Gasteiger partial charge in [-0.2, -0.15) is 5.26 Å². The molecule has 0 spiro atoms. The normalized spacial score (nSPS) is 12.9. The van der Waals surface area contributed by atoms with Gasteiger partial charge in [-0.3, -0.25) is 9.59 Å². The third-order valence-corrected chi connectivity index (χ3v) is 2.73. The molecular weight excluding hydrogens is 242 g/mol. The fourth-order valence-electron chi connectivity index (χ4n) is 1.73. The van der Waals surface area contributed by atoms with Crippen molar-refractivity contribution < 1.29 is 9.59 Å².